The largest absolute Gasteiger partial charge is 0.369 e. The third-order valence-electron chi connectivity index (χ3n) is 4.12. The third kappa shape index (κ3) is 2.17. The second-order valence-electron chi connectivity index (χ2n) is 5.68. The van der Waals surface area contributed by atoms with Crippen LogP contribution in [-0.2, 0) is 6.42 Å². The molecular formula is C16H22N2. The number of nitrogens with zero attached hydrogens (tertiary/aromatic N) is 2. The summed E-state index contributed by atoms with van der Waals surface area (Å²) in [5.41, 5.74) is 4.44. The molecule has 1 fully saturated rings. The van der Waals surface area contributed by atoms with Crippen LogP contribution in [0.4, 0.5) is 0 Å². The Morgan fingerprint density at radius 3 is 2.56 bits per heavy atom. The highest BCUT2D eigenvalue weighted by Gasteiger charge is 2.23. The van der Waals surface area contributed by atoms with E-state index in [-0.39, 0.29) is 0 Å². The third-order valence-corrected chi connectivity index (χ3v) is 4.12. The highest BCUT2D eigenvalue weighted by molar-refractivity contribution is 5.69. The molecule has 18 heavy (non-hydrogen) atoms. The van der Waals surface area contributed by atoms with E-state index in [1.165, 1.54) is 36.3 Å². The van der Waals surface area contributed by atoms with Crippen molar-refractivity contribution < 1.29 is 0 Å². The minimum atomic E-state index is 0.662. The Morgan fingerprint density at radius 2 is 1.78 bits per heavy atom. The quantitative estimate of drug-likeness (QED) is 0.746. The van der Waals surface area contributed by atoms with Crippen molar-refractivity contribution in [3.63, 3.8) is 0 Å². The van der Waals surface area contributed by atoms with E-state index in [0.29, 0.717) is 5.92 Å². The molecular weight excluding hydrogens is 220 g/mol. The maximum atomic E-state index is 2.56. The Bertz CT molecular complexity index is 456. The van der Waals surface area contributed by atoms with Crippen LogP contribution in [0.25, 0.3) is 5.70 Å². The summed E-state index contributed by atoms with van der Waals surface area (Å²) in [7, 11) is 2.21. The molecule has 2 nitrogen and oxygen atoms in total. The van der Waals surface area contributed by atoms with Crippen LogP contribution in [-0.4, -0.2) is 43.0 Å². The number of fused-ring (bicyclic) bond motifs is 1. The molecule has 0 radical (unpaired) electrons. The van der Waals surface area contributed by atoms with Gasteiger partial charge in [-0.05, 0) is 24.9 Å². The van der Waals surface area contributed by atoms with E-state index in [0.717, 1.165) is 13.1 Å². The fourth-order valence-corrected chi connectivity index (χ4v) is 3.04. The fourth-order valence-electron chi connectivity index (χ4n) is 3.04. The molecule has 1 aliphatic heterocycles. The molecule has 0 bridgehead atoms. The van der Waals surface area contributed by atoms with Crippen LogP contribution in [0, 0.1) is 5.92 Å². The zero-order valence-electron chi connectivity index (χ0n) is 11.4. The summed E-state index contributed by atoms with van der Waals surface area (Å²) in [6.45, 7) is 6.99. The Balaban J connectivity index is 1.90. The fraction of sp³-hybridized carbons (Fsp3) is 0.500. The molecule has 0 spiro atoms. The summed E-state index contributed by atoms with van der Waals surface area (Å²) in [6.07, 6.45) is 3.65. The zero-order valence-corrected chi connectivity index (χ0v) is 11.4. The molecule has 3 rings (SSSR count). The Kier molecular flexibility index (Phi) is 3.13. The van der Waals surface area contributed by atoms with Gasteiger partial charge >= 0.3 is 0 Å². The standard InChI is InChI=1S/C16H22N2/c1-13-11-14-5-3-4-6-15(14)16(12-13)18-9-7-17(2)8-10-18/h3-6,12-13H,7-11H2,1-2H3. The van der Waals surface area contributed by atoms with Crippen LogP contribution in [0.1, 0.15) is 18.1 Å². The van der Waals surface area contributed by atoms with Gasteiger partial charge in [-0.25, -0.2) is 0 Å². The highest BCUT2D eigenvalue weighted by atomic mass is 15.3. The number of hydrogen-bond acceptors (Lipinski definition) is 2. The van der Waals surface area contributed by atoms with Gasteiger partial charge in [0.25, 0.3) is 0 Å². The predicted octanol–water partition coefficient (Wildman–Crippen LogP) is 2.47. The second-order valence-corrected chi connectivity index (χ2v) is 5.68. The molecule has 1 unspecified atom stereocenters. The lowest BCUT2D eigenvalue weighted by Crippen LogP contribution is -2.43. The Labute approximate surface area is 110 Å². The molecule has 96 valence electrons. The normalized spacial score (nSPS) is 24.7. The molecule has 0 N–H and O–H groups in total. The summed E-state index contributed by atoms with van der Waals surface area (Å²) >= 11 is 0. The number of piperazine rings is 1. The summed E-state index contributed by atoms with van der Waals surface area (Å²) in [4.78, 5) is 4.98. The van der Waals surface area contributed by atoms with Crippen molar-refractivity contribution in [3.05, 3.63) is 41.5 Å². The van der Waals surface area contributed by atoms with E-state index in [1.54, 1.807) is 0 Å². The van der Waals surface area contributed by atoms with Gasteiger partial charge in [0.15, 0.2) is 0 Å². The van der Waals surface area contributed by atoms with Crippen molar-refractivity contribution in [1.29, 1.82) is 0 Å². The minimum absolute atomic E-state index is 0.662. The van der Waals surface area contributed by atoms with Crippen molar-refractivity contribution in [2.24, 2.45) is 5.92 Å². The van der Waals surface area contributed by atoms with Gasteiger partial charge in [0.1, 0.15) is 0 Å². The average Bonchev–Trinajstić information content (AvgIpc) is 2.38. The number of benzene rings is 1. The SMILES string of the molecule is CC1C=C(N2CCN(C)CC2)c2ccccc2C1. The first-order valence-corrected chi connectivity index (χ1v) is 6.97. The Hall–Kier alpha value is -1.28. The molecule has 0 aromatic heterocycles. The van der Waals surface area contributed by atoms with Gasteiger partial charge in [-0.1, -0.05) is 37.3 Å². The van der Waals surface area contributed by atoms with Gasteiger partial charge in [0.2, 0.25) is 0 Å². The van der Waals surface area contributed by atoms with Gasteiger partial charge < -0.3 is 9.80 Å². The van der Waals surface area contributed by atoms with E-state index >= 15 is 0 Å². The molecule has 1 atom stereocenters. The van der Waals surface area contributed by atoms with Crippen LogP contribution >= 0.6 is 0 Å². The van der Waals surface area contributed by atoms with E-state index in [4.69, 9.17) is 0 Å². The van der Waals surface area contributed by atoms with Crippen molar-refractivity contribution >= 4 is 5.70 Å². The lowest BCUT2D eigenvalue weighted by molar-refractivity contribution is 0.206. The molecule has 0 saturated carbocycles. The molecule has 1 aromatic carbocycles. The molecule has 1 aromatic rings. The molecule has 2 heteroatoms. The van der Waals surface area contributed by atoms with Crippen LogP contribution in [0.2, 0.25) is 0 Å². The lowest BCUT2D eigenvalue weighted by Gasteiger charge is -2.38. The average molecular weight is 242 g/mol. The number of allylic oxidation sites excluding steroid dienone is 1. The van der Waals surface area contributed by atoms with Crippen LogP contribution < -0.4 is 0 Å². The maximum absolute atomic E-state index is 2.56. The first-order chi connectivity index (χ1) is 8.74. The van der Waals surface area contributed by atoms with Crippen molar-refractivity contribution in [3.8, 4) is 0 Å². The molecule has 0 amide bonds. The molecule has 2 aliphatic rings. The summed E-state index contributed by atoms with van der Waals surface area (Å²) in [5.74, 6) is 0.662. The van der Waals surface area contributed by atoms with E-state index in [2.05, 4.69) is 54.1 Å². The summed E-state index contributed by atoms with van der Waals surface area (Å²) in [6, 6.07) is 8.90. The topological polar surface area (TPSA) is 6.48 Å². The smallest absolute Gasteiger partial charge is 0.0405 e. The number of rotatable bonds is 1. The van der Waals surface area contributed by atoms with Gasteiger partial charge in [-0.15, -0.1) is 0 Å². The van der Waals surface area contributed by atoms with E-state index in [9.17, 15) is 0 Å². The number of hydrogen-bond donors (Lipinski definition) is 0. The van der Waals surface area contributed by atoms with Gasteiger partial charge in [-0.3, -0.25) is 0 Å². The van der Waals surface area contributed by atoms with Gasteiger partial charge in [-0.2, -0.15) is 0 Å². The molecule has 1 saturated heterocycles. The first kappa shape index (κ1) is 11.8. The van der Waals surface area contributed by atoms with Crippen LogP contribution in [0.15, 0.2) is 30.3 Å². The Morgan fingerprint density at radius 1 is 1.06 bits per heavy atom. The molecule has 1 heterocycles. The number of likely N-dealkylation sites (N-methyl/N-ethyl adjacent to an activating group) is 1. The van der Waals surface area contributed by atoms with Crippen LogP contribution in [0.3, 0.4) is 0 Å². The van der Waals surface area contributed by atoms with Gasteiger partial charge in [0, 0.05) is 37.4 Å². The zero-order chi connectivity index (χ0) is 12.5. The van der Waals surface area contributed by atoms with Crippen molar-refractivity contribution in [2.75, 3.05) is 33.2 Å². The minimum Gasteiger partial charge on any atom is -0.369 e. The van der Waals surface area contributed by atoms with Crippen LogP contribution in [0.5, 0.6) is 0 Å². The summed E-state index contributed by atoms with van der Waals surface area (Å²) < 4.78 is 0. The lowest BCUT2D eigenvalue weighted by atomic mass is 9.88. The second kappa shape index (κ2) is 4.77. The van der Waals surface area contributed by atoms with Crippen molar-refractivity contribution in [1.82, 2.24) is 9.80 Å². The first-order valence-electron chi connectivity index (χ1n) is 6.97. The van der Waals surface area contributed by atoms with E-state index in [1.807, 2.05) is 0 Å². The predicted molar refractivity (Wildman–Crippen MR) is 76.4 cm³/mol. The maximum Gasteiger partial charge on any atom is 0.0405 e. The van der Waals surface area contributed by atoms with E-state index < -0.39 is 0 Å². The summed E-state index contributed by atoms with van der Waals surface area (Å²) in [5, 5.41) is 0. The van der Waals surface area contributed by atoms with Crippen molar-refractivity contribution in [2.45, 2.75) is 13.3 Å². The molecule has 1 aliphatic carbocycles. The highest BCUT2D eigenvalue weighted by Crippen LogP contribution is 2.31. The van der Waals surface area contributed by atoms with Gasteiger partial charge in [0.05, 0.1) is 0 Å². The monoisotopic (exact) mass is 242 g/mol.